The van der Waals surface area contributed by atoms with Crippen LogP contribution in [0.3, 0.4) is 0 Å². The van der Waals surface area contributed by atoms with Gasteiger partial charge in [0.05, 0.1) is 12.1 Å². The molecule has 0 unspecified atom stereocenters. The molecule has 1 atom stereocenters. The van der Waals surface area contributed by atoms with Crippen molar-refractivity contribution in [1.82, 2.24) is 5.16 Å². The number of aromatic nitrogens is 1. The molecule has 2 aromatic rings. The number of aromatic hydroxyl groups is 1. The van der Waals surface area contributed by atoms with Gasteiger partial charge >= 0.3 is 5.97 Å². The average molecular weight is 233 g/mol. The highest BCUT2D eigenvalue weighted by atomic mass is 16.5. The van der Waals surface area contributed by atoms with Crippen molar-refractivity contribution >= 4 is 5.97 Å². The van der Waals surface area contributed by atoms with Gasteiger partial charge in [-0.25, -0.2) is 0 Å². The fourth-order valence-electron chi connectivity index (χ4n) is 1.68. The molecule has 88 valence electrons. The third kappa shape index (κ3) is 2.63. The van der Waals surface area contributed by atoms with Gasteiger partial charge in [-0.15, -0.1) is 0 Å². The van der Waals surface area contributed by atoms with Gasteiger partial charge < -0.3 is 14.7 Å². The number of carboxylic acid groups (broad SMARTS) is 1. The molecular weight excluding hydrogens is 222 g/mol. The lowest BCUT2D eigenvalue weighted by Crippen LogP contribution is -2.08. The van der Waals surface area contributed by atoms with Gasteiger partial charge in [-0.1, -0.05) is 17.3 Å². The van der Waals surface area contributed by atoms with Gasteiger partial charge in [0.15, 0.2) is 0 Å². The highest BCUT2D eigenvalue weighted by Crippen LogP contribution is 2.27. The smallest absolute Gasteiger partial charge is 0.304 e. The van der Waals surface area contributed by atoms with Crippen LogP contribution in [0.4, 0.5) is 0 Å². The van der Waals surface area contributed by atoms with Crippen LogP contribution in [-0.2, 0) is 4.79 Å². The van der Waals surface area contributed by atoms with Crippen LogP contribution in [0.15, 0.2) is 41.1 Å². The first-order valence-electron chi connectivity index (χ1n) is 5.08. The van der Waals surface area contributed by atoms with E-state index in [-0.39, 0.29) is 18.1 Å². The predicted octanol–water partition coefficient (Wildman–Crippen LogP) is 1.99. The third-order valence-corrected chi connectivity index (χ3v) is 2.49. The van der Waals surface area contributed by atoms with E-state index in [1.54, 1.807) is 18.2 Å². The number of hydrogen-bond donors (Lipinski definition) is 2. The number of carbonyl (C=O) groups is 1. The van der Waals surface area contributed by atoms with Gasteiger partial charge in [0, 0.05) is 12.0 Å². The van der Waals surface area contributed by atoms with Gasteiger partial charge in [0.2, 0.25) is 0 Å². The summed E-state index contributed by atoms with van der Waals surface area (Å²) in [5, 5.41) is 21.9. The van der Waals surface area contributed by atoms with Gasteiger partial charge in [-0.2, -0.15) is 0 Å². The molecule has 0 amide bonds. The van der Waals surface area contributed by atoms with E-state index in [1.165, 1.54) is 18.4 Å². The summed E-state index contributed by atoms with van der Waals surface area (Å²) in [7, 11) is 0. The fraction of sp³-hybridized carbons (Fsp3) is 0.167. The van der Waals surface area contributed by atoms with Crippen molar-refractivity contribution in [1.29, 1.82) is 0 Å². The summed E-state index contributed by atoms with van der Waals surface area (Å²) in [4.78, 5) is 10.8. The number of nitrogens with zero attached hydrogens (tertiary/aromatic N) is 1. The van der Waals surface area contributed by atoms with Crippen LogP contribution in [0.5, 0.6) is 5.75 Å². The standard InChI is InChI=1S/C12H11NO4/c14-9-3-1-8(2-4-9)10(7-12(15)16)11-5-6-17-13-11/h1-6,10,14H,7H2,(H,15,16)/t10-/m0/s1. The van der Waals surface area contributed by atoms with E-state index in [1.807, 2.05) is 0 Å². The van der Waals surface area contributed by atoms with Crippen molar-refractivity contribution in [3.05, 3.63) is 47.9 Å². The molecule has 1 heterocycles. The quantitative estimate of drug-likeness (QED) is 0.843. The Hall–Kier alpha value is -2.30. The number of phenolic OH excluding ortho intramolecular Hbond substituents is 1. The lowest BCUT2D eigenvalue weighted by molar-refractivity contribution is -0.137. The van der Waals surface area contributed by atoms with Crippen LogP contribution < -0.4 is 0 Å². The lowest BCUT2D eigenvalue weighted by atomic mass is 9.92. The summed E-state index contributed by atoms with van der Waals surface area (Å²) in [6.45, 7) is 0. The van der Waals surface area contributed by atoms with Gasteiger partial charge in [-0.05, 0) is 17.7 Å². The number of rotatable bonds is 4. The summed E-state index contributed by atoms with van der Waals surface area (Å²) in [5.41, 5.74) is 1.34. The average Bonchev–Trinajstić information content (AvgIpc) is 2.80. The molecule has 0 bridgehead atoms. The number of benzene rings is 1. The Labute approximate surface area is 97.3 Å². The van der Waals surface area contributed by atoms with Crippen LogP contribution in [0, 0.1) is 0 Å². The maximum Gasteiger partial charge on any atom is 0.304 e. The number of carboxylic acids is 1. The number of aliphatic carboxylic acids is 1. The molecule has 5 heteroatoms. The first kappa shape index (κ1) is 11.2. The molecule has 17 heavy (non-hydrogen) atoms. The Morgan fingerprint density at radius 2 is 2.00 bits per heavy atom. The maximum atomic E-state index is 10.8. The van der Waals surface area contributed by atoms with Crippen molar-refractivity contribution in [2.45, 2.75) is 12.3 Å². The molecule has 2 rings (SSSR count). The SMILES string of the molecule is O=C(O)C[C@@H](c1ccc(O)cc1)c1ccon1. The molecular formula is C12H11NO4. The Balaban J connectivity index is 2.33. The Morgan fingerprint density at radius 1 is 1.29 bits per heavy atom. The van der Waals surface area contributed by atoms with E-state index in [2.05, 4.69) is 5.16 Å². The van der Waals surface area contributed by atoms with E-state index in [0.717, 1.165) is 5.56 Å². The van der Waals surface area contributed by atoms with Crippen LogP contribution in [0.2, 0.25) is 0 Å². The molecule has 0 aliphatic heterocycles. The Morgan fingerprint density at radius 3 is 2.53 bits per heavy atom. The van der Waals surface area contributed by atoms with E-state index in [9.17, 15) is 9.90 Å². The molecule has 0 aliphatic carbocycles. The molecule has 0 saturated carbocycles. The van der Waals surface area contributed by atoms with Crippen LogP contribution >= 0.6 is 0 Å². The topological polar surface area (TPSA) is 83.6 Å². The highest BCUT2D eigenvalue weighted by Gasteiger charge is 2.20. The summed E-state index contributed by atoms with van der Waals surface area (Å²) >= 11 is 0. The van der Waals surface area contributed by atoms with Crippen molar-refractivity contribution in [2.75, 3.05) is 0 Å². The van der Waals surface area contributed by atoms with E-state index >= 15 is 0 Å². The number of phenols is 1. The highest BCUT2D eigenvalue weighted by molar-refractivity contribution is 5.68. The number of hydrogen-bond acceptors (Lipinski definition) is 4. The van der Waals surface area contributed by atoms with Gasteiger partial charge in [-0.3, -0.25) is 4.79 Å². The minimum atomic E-state index is -0.911. The molecule has 0 saturated heterocycles. The van der Waals surface area contributed by atoms with Crippen molar-refractivity contribution in [2.24, 2.45) is 0 Å². The summed E-state index contributed by atoms with van der Waals surface area (Å²) < 4.78 is 4.73. The van der Waals surface area contributed by atoms with Gasteiger partial charge in [0.25, 0.3) is 0 Å². The predicted molar refractivity (Wildman–Crippen MR) is 58.7 cm³/mol. The Kier molecular flexibility index (Phi) is 3.09. The molecule has 0 aliphatic rings. The largest absolute Gasteiger partial charge is 0.508 e. The molecule has 1 aromatic heterocycles. The second-order valence-corrected chi connectivity index (χ2v) is 3.67. The van der Waals surface area contributed by atoms with E-state index in [0.29, 0.717) is 5.69 Å². The van der Waals surface area contributed by atoms with E-state index in [4.69, 9.17) is 9.63 Å². The molecule has 0 spiro atoms. The summed E-state index contributed by atoms with van der Waals surface area (Å²) in [6, 6.07) is 8.03. The minimum absolute atomic E-state index is 0.0721. The molecule has 0 radical (unpaired) electrons. The van der Waals surface area contributed by atoms with Crippen LogP contribution in [0.25, 0.3) is 0 Å². The second kappa shape index (κ2) is 4.69. The second-order valence-electron chi connectivity index (χ2n) is 3.67. The first-order valence-corrected chi connectivity index (χ1v) is 5.08. The summed E-state index contributed by atoms with van der Waals surface area (Å²) in [5.74, 6) is -1.14. The zero-order valence-corrected chi connectivity index (χ0v) is 8.91. The van der Waals surface area contributed by atoms with Crippen molar-refractivity contribution in [3.63, 3.8) is 0 Å². The zero-order chi connectivity index (χ0) is 12.3. The third-order valence-electron chi connectivity index (χ3n) is 2.49. The molecule has 1 aromatic carbocycles. The fourth-order valence-corrected chi connectivity index (χ4v) is 1.68. The van der Waals surface area contributed by atoms with Crippen LogP contribution in [-0.4, -0.2) is 21.3 Å². The maximum absolute atomic E-state index is 10.8. The van der Waals surface area contributed by atoms with Gasteiger partial charge in [0.1, 0.15) is 12.0 Å². The first-order chi connectivity index (χ1) is 8.16. The van der Waals surface area contributed by atoms with Crippen molar-refractivity contribution in [3.8, 4) is 5.75 Å². The van der Waals surface area contributed by atoms with Crippen LogP contribution in [0.1, 0.15) is 23.6 Å². The lowest BCUT2D eigenvalue weighted by Gasteiger charge is -2.12. The summed E-state index contributed by atoms with van der Waals surface area (Å²) in [6.07, 6.45) is 1.34. The molecule has 5 nitrogen and oxygen atoms in total. The monoisotopic (exact) mass is 233 g/mol. The van der Waals surface area contributed by atoms with Crippen molar-refractivity contribution < 1.29 is 19.5 Å². The normalized spacial score (nSPS) is 12.2. The minimum Gasteiger partial charge on any atom is -0.508 e. The zero-order valence-electron chi connectivity index (χ0n) is 8.91. The Bertz CT molecular complexity index is 490. The van der Waals surface area contributed by atoms with E-state index < -0.39 is 5.97 Å². The molecule has 2 N–H and O–H groups in total. The molecule has 0 fully saturated rings.